The quantitative estimate of drug-likeness (QED) is 0.588. The number of hydrogen-bond acceptors (Lipinski definition) is 0. The summed E-state index contributed by atoms with van der Waals surface area (Å²) in [4.78, 5) is 0. The van der Waals surface area contributed by atoms with Crippen LogP contribution in [0.2, 0.25) is 0 Å². The Labute approximate surface area is 78.8 Å². The van der Waals surface area contributed by atoms with Gasteiger partial charge in [0.25, 0.3) is 0 Å². The summed E-state index contributed by atoms with van der Waals surface area (Å²) in [7, 11) is 0. The molecule has 0 unspecified atom stereocenters. The van der Waals surface area contributed by atoms with Crippen molar-refractivity contribution in [2.75, 3.05) is 0 Å². The van der Waals surface area contributed by atoms with E-state index in [1.807, 2.05) is 0 Å². The molecule has 0 aromatic heterocycles. The highest BCUT2D eigenvalue weighted by molar-refractivity contribution is 4.91. The highest BCUT2D eigenvalue weighted by Crippen LogP contribution is 2.46. The second-order valence-corrected chi connectivity index (χ2v) is 5.12. The van der Waals surface area contributed by atoms with E-state index < -0.39 is 0 Å². The number of rotatable bonds is 4. The van der Waals surface area contributed by atoms with Gasteiger partial charge in [0.05, 0.1) is 0 Å². The second kappa shape index (κ2) is 3.81. The van der Waals surface area contributed by atoms with Gasteiger partial charge >= 0.3 is 0 Å². The molecular weight excluding hydrogens is 144 g/mol. The van der Waals surface area contributed by atoms with Crippen LogP contribution in [-0.2, 0) is 0 Å². The Hall–Kier alpha value is 0. The average molecular weight is 169 g/mol. The first-order valence-electron chi connectivity index (χ1n) is 5.12. The lowest BCUT2D eigenvalue weighted by Gasteiger charge is -2.44. The van der Waals surface area contributed by atoms with Crippen molar-refractivity contribution in [3.05, 3.63) is 6.92 Å². The van der Waals surface area contributed by atoms with Crippen LogP contribution in [-0.4, -0.2) is 0 Å². The molecule has 0 aliphatic heterocycles. The molecule has 1 radical (unpaired) electrons. The van der Waals surface area contributed by atoms with E-state index in [1.165, 1.54) is 12.8 Å². The van der Waals surface area contributed by atoms with Gasteiger partial charge in [-0.1, -0.05) is 54.4 Å². The maximum atomic E-state index is 4.26. The fourth-order valence-corrected chi connectivity index (χ4v) is 1.86. The lowest BCUT2D eigenvalue weighted by atomic mass is 9.61. The van der Waals surface area contributed by atoms with E-state index in [9.17, 15) is 0 Å². The van der Waals surface area contributed by atoms with Crippen molar-refractivity contribution in [3.8, 4) is 0 Å². The third-order valence-corrected chi connectivity index (χ3v) is 3.75. The molecule has 0 heterocycles. The first-order valence-corrected chi connectivity index (χ1v) is 5.12. The molecule has 0 aliphatic carbocycles. The average Bonchev–Trinajstić information content (AvgIpc) is 1.87. The molecule has 0 heteroatoms. The molecule has 0 saturated carbocycles. The second-order valence-electron chi connectivity index (χ2n) is 5.12. The summed E-state index contributed by atoms with van der Waals surface area (Å²) in [5.74, 6) is 0.796. The van der Waals surface area contributed by atoms with Gasteiger partial charge in [0.1, 0.15) is 0 Å². The predicted octanol–water partition coefficient (Wildman–Crippen LogP) is 4.31. The normalized spacial score (nSPS) is 14.0. The van der Waals surface area contributed by atoms with Crippen molar-refractivity contribution in [1.82, 2.24) is 0 Å². The zero-order chi connectivity index (χ0) is 9.99. The van der Waals surface area contributed by atoms with Gasteiger partial charge in [0, 0.05) is 0 Å². The minimum atomic E-state index is 0.170. The Balaban J connectivity index is 4.57. The van der Waals surface area contributed by atoms with Gasteiger partial charge in [-0.05, 0) is 23.7 Å². The molecule has 73 valence electrons. The van der Waals surface area contributed by atoms with Crippen molar-refractivity contribution >= 4 is 0 Å². The highest BCUT2D eigenvalue weighted by atomic mass is 14.4. The van der Waals surface area contributed by atoms with Crippen LogP contribution >= 0.6 is 0 Å². The fourth-order valence-electron chi connectivity index (χ4n) is 1.86. The Morgan fingerprint density at radius 1 is 1.00 bits per heavy atom. The lowest BCUT2D eigenvalue weighted by Crippen LogP contribution is -2.36. The van der Waals surface area contributed by atoms with Crippen molar-refractivity contribution in [1.29, 1.82) is 0 Å². The van der Waals surface area contributed by atoms with Crippen LogP contribution in [0.4, 0.5) is 0 Å². The van der Waals surface area contributed by atoms with Crippen LogP contribution in [0.5, 0.6) is 0 Å². The molecule has 0 aromatic carbocycles. The van der Waals surface area contributed by atoms with Crippen LogP contribution < -0.4 is 0 Å². The molecule has 0 rings (SSSR count). The van der Waals surface area contributed by atoms with E-state index in [0.29, 0.717) is 5.41 Å². The highest BCUT2D eigenvalue weighted by Gasteiger charge is 2.37. The van der Waals surface area contributed by atoms with Gasteiger partial charge in [0.15, 0.2) is 0 Å². The summed E-state index contributed by atoms with van der Waals surface area (Å²) >= 11 is 0. The third-order valence-electron chi connectivity index (χ3n) is 3.75. The molecule has 0 aliphatic rings. The van der Waals surface area contributed by atoms with Crippen LogP contribution in [0, 0.1) is 23.7 Å². The molecule has 12 heavy (non-hydrogen) atoms. The maximum Gasteiger partial charge on any atom is -0.0275 e. The Morgan fingerprint density at radius 3 is 1.42 bits per heavy atom. The summed E-state index contributed by atoms with van der Waals surface area (Å²) in [6.07, 6.45) is 2.53. The third kappa shape index (κ3) is 2.24. The summed E-state index contributed by atoms with van der Waals surface area (Å²) in [6, 6.07) is 0. The van der Waals surface area contributed by atoms with Crippen LogP contribution in [0.25, 0.3) is 0 Å². The lowest BCUT2D eigenvalue weighted by molar-refractivity contribution is 0.0705. The summed E-state index contributed by atoms with van der Waals surface area (Å²) in [6.45, 7) is 18.0. The summed E-state index contributed by atoms with van der Waals surface area (Å²) < 4.78 is 0. The van der Waals surface area contributed by atoms with E-state index in [0.717, 1.165) is 5.92 Å². The standard InChI is InChI=1S/C12H25/c1-8-10(9-2)12(6,7)11(3,4)5/h10H,3,8-9H2,1-2,4-7H3. The zero-order valence-electron chi connectivity index (χ0n) is 9.70. The molecule has 0 fully saturated rings. The maximum absolute atomic E-state index is 4.26. The topological polar surface area (TPSA) is 0 Å². The largest absolute Gasteiger partial charge is 0.0651 e. The summed E-state index contributed by atoms with van der Waals surface area (Å²) in [5, 5.41) is 0. The molecule has 0 amide bonds. The molecule has 0 aromatic rings. The monoisotopic (exact) mass is 169 g/mol. The molecule has 0 nitrogen and oxygen atoms in total. The van der Waals surface area contributed by atoms with Crippen LogP contribution in [0.3, 0.4) is 0 Å². The molecule has 0 spiro atoms. The van der Waals surface area contributed by atoms with E-state index in [2.05, 4.69) is 48.5 Å². The van der Waals surface area contributed by atoms with Crippen molar-refractivity contribution in [2.24, 2.45) is 16.7 Å². The molecule has 0 bridgehead atoms. The van der Waals surface area contributed by atoms with E-state index in [1.54, 1.807) is 0 Å². The van der Waals surface area contributed by atoms with Crippen LogP contribution in [0.15, 0.2) is 0 Å². The first kappa shape index (κ1) is 12.0. The van der Waals surface area contributed by atoms with Gasteiger partial charge in [-0.15, -0.1) is 0 Å². The SMILES string of the molecule is [CH2]C(C)(C)C(C)(C)C(CC)CC. The molecule has 0 N–H and O–H groups in total. The first-order chi connectivity index (χ1) is 5.27. The van der Waals surface area contributed by atoms with Crippen molar-refractivity contribution in [2.45, 2.75) is 54.4 Å². The van der Waals surface area contributed by atoms with Crippen molar-refractivity contribution in [3.63, 3.8) is 0 Å². The molecular formula is C12H25. The fraction of sp³-hybridized carbons (Fsp3) is 0.917. The minimum Gasteiger partial charge on any atom is -0.0651 e. The minimum absolute atomic E-state index is 0.170. The Bertz CT molecular complexity index is 121. The molecule has 0 saturated heterocycles. The van der Waals surface area contributed by atoms with Crippen LogP contribution in [0.1, 0.15) is 54.4 Å². The van der Waals surface area contributed by atoms with Gasteiger partial charge in [-0.25, -0.2) is 0 Å². The molecule has 0 atom stereocenters. The van der Waals surface area contributed by atoms with E-state index in [-0.39, 0.29) is 5.41 Å². The Kier molecular flexibility index (Phi) is 3.81. The van der Waals surface area contributed by atoms with Crippen molar-refractivity contribution < 1.29 is 0 Å². The van der Waals surface area contributed by atoms with E-state index in [4.69, 9.17) is 0 Å². The predicted molar refractivity (Wildman–Crippen MR) is 57.0 cm³/mol. The van der Waals surface area contributed by atoms with Gasteiger partial charge in [-0.3, -0.25) is 0 Å². The smallest absolute Gasteiger partial charge is 0.0275 e. The van der Waals surface area contributed by atoms with E-state index >= 15 is 0 Å². The number of hydrogen-bond donors (Lipinski definition) is 0. The van der Waals surface area contributed by atoms with Gasteiger partial charge in [0.2, 0.25) is 0 Å². The van der Waals surface area contributed by atoms with Gasteiger partial charge in [-0.2, -0.15) is 0 Å². The zero-order valence-corrected chi connectivity index (χ0v) is 9.70. The van der Waals surface area contributed by atoms with Gasteiger partial charge < -0.3 is 0 Å². The Morgan fingerprint density at radius 2 is 1.33 bits per heavy atom. The summed E-state index contributed by atoms with van der Waals surface area (Å²) in [5.41, 5.74) is 0.514.